The third kappa shape index (κ3) is 7.90. The van der Waals surface area contributed by atoms with Crippen LogP contribution in [0, 0.1) is 29.1 Å². The molecule has 2 aromatic rings. The van der Waals surface area contributed by atoms with Crippen LogP contribution in [0.4, 0.5) is 0 Å². The molecule has 3 heterocycles. The molecular formula is C43H57N3O9S. The van der Waals surface area contributed by atoms with Crippen LogP contribution in [0.3, 0.4) is 0 Å². The van der Waals surface area contributed by atoms with Gasteiger partial charge in [-0.25, -0.2) is 8.42 Å². The number of rotatable bonds is 8. The van der Waals surface area contributed by atoms with Gasteiger partial charge in [0.1, 0.15) is 12.2 Å². The molecule has 7 atom stereocenters. The summed E-state index contributed by atoms with van der Waals surface area (Å²) in [5.41, 5.74) is -1.32. The molecule has 4 aliphatic carbocycles. The minimum absolute atomic E-state index is 0.0286. The minimum atomic E-state index is -3.82. The molecule has 1 aromatic carbocycles. The number of esters is 1. The number of hydrogen-bond acceptors (Lipinski definition) is 9. The number of sulfonamides is 1. The highest BCUT2D eigenvalue weighted by Gasteiger charge is 2.62. The van der Waals surface area contributed by atoms with Gasteiger partial charge in [0.05, 0.1) is 35.6 Å². The molecule has 56 heavy (non-hydrogen) atoms. The molecule has 1 N–H and O–H groups in total. The van der Waals surface area contributed by atoms with Crippen LogP contribution in [0.5, 0.6) is 5.88 Å². The molecule has 5 fully saturated rings. The van der Waals surface area contributed by atoms with Gasteiger partial charge >= 0.3 is 5.97 Å². The van der Waals surface area contributed by atoms with Gasteiger partial charge in [0, 0.05) is 30.8 Å². The Bertz CT molecular complexity index is 2020. The Hall–Kier alpha value is -3.74. The standard InChI is InChI=1S/C43H57N3O9S/c1-2-30-24-43(30,42(51)44-56(52,53)32-18-19-32)25-36(47)35-22-31-26-46(35)41(50)34(27-11-5-6-12-27)23-39(48)55-37-17-10-15-28(37)13-4-3-9-20-45-38(54-31)21-29-14-7-8-16-33(29)40(45)49/h7-8,14,16,21,27-28,30-32,34-35,37H,2-6,9-13,15,17-20,22-26H2,1H3,(H,44,51)/t28-,30-,31-,34+,35+,37-,43-/m1/s1. The van der Waals surface area contributed by atoms with Gasteiger partial charge in [0.2, 0.25) is 21.8 Å². The van der Waals surface area contributed by atoms with Crippen molar-refractivity contribution < 1.29 is 37.1 Å². The number of benzene rings is 1. The average Bonchev–Trinajstić information content (AvgIpc) is 3.96. The Kier molecular flexibility index (Phi) is 11.1. The zero-order valence-electron chi connectivity index (χ0n) is 32.6. The van der Waals surface area contributed by atoms with Gasteiger partial charge in [-0.15, -0.1) is 0 Å². The summed E-state index contributed by atoms with van der Waals surface area (Å²) in [4.78, 5) is 72.6. The number of hydrogen-bond donors (Lipinski definition) is 1. The van der Waals surface area contributed by atoms with E-state index in [0.29, 0.717) is 43.5 Å². The molecule has 4 saturated carbocycles. The number of carbonyl (C=O) groups is 4. The number of ketones is 1. The van der Waals surface area contributed by atoms with Crippen molar-refractivity contribution in [3.05, 3.63) is 40.7 Å². The lowest BCUT2D eigenvalue weighted by Crippen LogP contribution is -2.47. The maximum Gasteiger partial charge on any atom is 0.306 e. The van der Waals surface area contributed by atoms with Crippen LogP contribution in [0.1, 0.15) is 122 Å². The molecule has 304 valence electrons. The summed E-state index contributed by atoms with van der Waals surface area (Å²) in [6, 6.07) is 8.33. The van der Waals surface area contributed by atoms with Crippen molar-refractivity contribution >= 4 is 44.4 Å². The molecule has 1 aromatic heterocycles. The lowest BCUT2D eigenvalue weighted by molar-refractivity contribution is -0.156. The first-order valence-electron chi connectivity index (χ1n) is 21.4. The predicted molar refractivity (Wildman–Crippen MR) is 209 cm³/mol. The van der Waals surface area contributed by atoms with Crippen LogP contribution in [0.25, 0.3) is 10.8 Å². The fourth-order valence-electron chi connectivity index (χ4n) is 10.6. The van der Waals surface area contributed by atoms with Crippen LogP contribution in [0.15, 0.2) is 35.1 Å². The molecule has 13 heteroatoms. The van der Waals surface area contributed by atoms with Gasteiger partial charge in [0.25, 0.3) is 5.56 Å². The van der Waals surface area contributed by atoms with E-state index in [1.165, 1.54) is 0 Å². The Labute approximate surface area is 329 Å². The molecule has 2 amide bonds. The molecule has 0 spiro atoms. The maximum absolute atomic E-state index is 14.9. The lowest BCUT2D eigenvalue weighted by atomic mass is 9.86. The zero-order valence-corrected chi connectivity index (χ0v) is 33.4. The van der Waals surface area contributed by atoms with E-state index in [0.717, 1.165) is 76.0 Å². The summed E-state index contributed by atoms with van der Waals surface area (Å²) in [6.07, 6.45) is 11.0. The fourth-order valence-corrected chi connectivity index (χ4v) is 11.9. The Morgan fingerprint density at radius 2 is 1.62 bits per heavy atom. The second-order valence-corrected chi connectivity index (χ2v) is 19.7. The zero-order chi connectivity index (χ0) is 39.2. The van der Waals surface area contributed by atoms with E-state index in [2.05, 4.69) is 4.72 Å². The second-order valence-electron chi connectivity index (χ2n) is 17.7. The van der Waals surface area contributed by atoms with E-state index in [1.54, 1.807) is 9.47 Å². The molecule has 6 aliphatic rings. The first kappa shape index (κ1) is 39.1. The highest BCUT2D eigenvalue weighted by Crippen LogP contribution is 2.58. The first-order chi connectivity index (χ1) is 27.0. The quantitative estimate of drug-likeness (QED) is 0.326. The number of aromatic nitrogens is 1. The number of pyridine rings is 1. The smallest absolute Gasteiger partial charge is 0.306 e. The second kappa shape index (κ2) is 15.9. The SMILES string of the molecule is CC[C@@H]1C[C@]1(CC(=O)[C@@H]1C[C@@H]2CN1C(=O)[C@H](C1CCCC1)CC(=O)O[C@@H]1CCC[C@H]1CCCCCn1c(cc3ccccc3c1=O)O2)C(=O)NS(=O)(=O)C1CC1. The van der Waals surface area contributed by atoms with Gasteiger partial charge in [-0.1, -0.05) is 57.2 Å². The van der Waals surface area contributed by atoms with Crippen molar-refractivity contribution in [3.63, 3.8) is 0 Å². The maximum atomic E-state index is 14.9. The van der Waals surface area contributed by atoms with Crippen LogP contribution in [-0.2, 0) is 40.5 Å². The molecular weight excluding hydrogens is 735 g/mol. The predicted octanol–water partition coefficient (Wildman–Crippen LogP) is 5.82. The van der Waals surface area contributed by atoms with E-state index >= 15 is 0 Å². The van der Waals surface area contributed by atoms with Crippen molar-refractivity contribution in [1.29, 1.82) is 0 Å². The highest BCUT2D eigenvalue weighted by atomic mass is 32.2. The Morgan fingerprint density at radius 1 is 0.893 bits per heavy atom. The van der Waals surface area contributed by atoms with Crippen molar-refractivity contribution in [2.75, 3.05) is 6.54 Å². The summed E-state index contributed by atoms with van der Waals surface area (Å²) < 4.78 is 42.5. The van der Waals surface area contributed by atoms with Gasteiger partial charge in [-0.05, 0) is 93.4 Å². The largest absolute Gasteiger partial charge is 0.473 e. The molecule has 8 rings (SSSR count). The summed E-state index contributed by atoms with van der Waals surface area (Å²) in [5, 5.41) is 0.754. The summed E-state index contributed by atoms with van der Waals surface area (Å²) in [5.74, 6) is -1.79. The fraction of sp³-hybridized carbons (Fsp3) is 0.698. The topological polar surface area (TPSA) is 158 Å². The summed E-state index contributed by atoms with van der Waals surface area (Å²) >= 11 is 0. The highest BCUT2D eigenvalue weighted by molar-refractivity contribution is 7.90. The van der Waals surface area contributed by atoms with E-state index in [9.17, 15) is 32.4 Å². The van der Waals surface area contributed by atoms with E-state index in [4.69, 9.17) is 9.47 Å². The molecule has 0 unspecified atom stereocenters. The molecule has 2 aliphatic heterocycles. The van der Waals surface area contributed by atoms with Crippen LogP contribution in [0.2, 0.25) is 0 Å². The van der Waals surface area contributed by atoms with E-state index in [1.807, 2.05) is 37.3 Å². The number of fused-ring (bicyclic) bond motifs is 5. The van der Waals surface area contributed by atoms with Crippen LogP contribution < -0.4 is 15.0 Å². The number of nitrogens with zero attached hydrogens (tertiary/aromatic N) is 2. The van der Waals surface area contributed by atoms with Gasteiger partial charge in [0.15, 0.2) is 11.7 Å². The monoisotopic (exact) mass is 791 g/mol. The Balaban J connectivity index is 1.13. The van der Waals surface area contributed by atoms with E-state index < -0.39 is 44.7 Å². The third-order valence-electron chi connectivity index (χ3n) is 14.1. The summed E-state index contributed by atoms with van der Waals surface area (Å²) in [7, 11) is -3.82. The van der Waals surface area contributed by atoms with Crippen LogP contribution in [-0.4, -0.2) is 71.5 Å². The van der Waals surface area contributed by atoms with Crippen molar-refractivity contribution in [2.45, 2.75) is 153 Å². The minimum Gasteiger partial charge on any atom is -0.473 e. The van der Waals surface area contributed by atoms with E-state index in [-0.39, 0.29) is 72.9 Å². The number of amides is 2. The number of nitrogens with one attached hydrogen (secondary N) is 1. The molecule has 12 nitrogen and oxygen atoms in total. The number of Topliss-reactive ketones (excluding diaryl/α,β-unsaturated/α-hetero) is 1. The molecule has 2 bridgehead atoms. The first-order valence-corrected chi connectivity index (χ1v) is 22.9. The van der Waals surface area contributed by atoms with Crippen molar-refractivity contribution in [2.24, 2.45) is 29.1 Å². The Morgan fingerprint density at radius 3 is 2.38 bits per heavy atom. The number of carbonyl (C=O) groups excluding carboxylic acids is 4. The molecule has 1 saturated heterocycles. The van der Waals surface area contributed by atoms with Crippen molar-refractivity contribution in [3.8, 4) is 5.88 Å². The van der Waals surface area contributed by atoms with Crippen LogP contribution >= 0.6 is 0 Å². The summed E-state index contributed by atoms with van der Waals surface area (Å²) in [6.45, 7) is 2.45. The normalized spacial score (nSPS) is 31.8. The van der Waals surface area contributed by atoms with Gasteiger partial charge in [-0.2, -0.15) is 0 Å². The lowest BCUT2D eigenvalue weighted by Gasteiger charge is -2.31. The van der Waals surface area contributed by atoms with Gasteiger partial charge in [-0.3, -0.25) is 33.3 Å². The number of ether oxygens (including phenoxy) is 2. The molecule has 0 radical (unpaired) electrons. The third-order valence-corrected chi connectivity index (χ3v) is 15.9. The average molecular weight is 792 g/mol. The van der Waals surface area contributed by atoms with Crippen molar-refractivity contribution in [1.82, 2.24) is 14.2 Å². The van der Waals surface area contributed by atoms with Gasteiger partial charge < -0.3 is 14.4 Å².